The fourth-order valence-corrected chi connectivity index (χ4v) is 5.38. The van der Waals surface area contributed by atoms with Crippen molar-refractivity contribution in [3.63, 3.8) is 0 Å². The van der Waals surface area contributed by atoms with Gasteiger partial charge in [-0.1, -0.05) is 33.3 Å². The summed E-state index contributed by atoms with van der Waals surface area (Å²) in [7, 11) is 0. The molecule has 0 saturated heterocycles. The third kappa shape index (κ3) is 2.86. The Labute approximate surface area is 138 Å². The number of aryl methyl sites for hydroxylation is 1. The van der Waals surface area contributed by atoms with Crippen LogP contribution in [0, 0.1) is 22.7 Å². The van der Waals surface area contributed by atoms with Crippen LogP contribution in [0.5, 0.6) is 0 Å². The molecule has 0 aliphatic heterocycles. The smallest absolute Gasteiger partial charge is 0.331 e. The van der Waals surface area contributed by atoms with Gasteiger partial charge in [0.25, 0.3) is 0 Å². The number of carboxylic acids is 1. The van der Waals surface area contributed by atoms with Crippen LogP contribution in [0.1, 0.15) is 58.4 Å². The summed E-state index contributed by atoms with van der Waals surface area (Å²) in [5.74, 6) is -0.0281. The molecule has 1 aromatic heterocycles. The molecule has 3 nitrogen and oxygen atoms in total. The number of fused-ring (bicyclic) bond motifs is 1. The molecule has 3 heteroatoms. The average Bonchev–Trinajstić information content (AvgIpc) is 2.97. The van der Waals surface area contributed by atoms with Gasteiger partial charge >= 0.3 is 5.97 Å². The summed E-state index contributed by atoms with van der Waals surface area (Å²) in [5.41, 5.74) is 2.19. The predicted octanol–water partition coefficient (Wildman–Crippen LogP) is 5.08. The standard InChI is InChI=1S/C20H28O3/c1-19(2)10-4-11-20(3)16(7-5-14-9-12-23-13-14)15(18(21)22)6-8-17(19)20/h6,9,12-13,16-17H,4-5,7-8,10-11H2,1-3H3,(H,21,22). The van der Waals surface area contributed by atoms with Gasteiger partial charge in [-0.2, -0.15) is 0 Å². The Morgan fingerprint density at radius 1 is 1.35 bits per heavy atom. The van der Waals surface area contributed by atoms with Gasteiger partial charge in [0.05, 0.1) is 12.5 Å². The maximum Gasteiger partial charge on any atom is 0.331 e. The molecule has 3 unspecified atom stereocenters. The summed E-state index contributed by atoms with van der Waals surface area (Å²) in [6.07, 6.45) is 11.8. The van der Waals surface area contributed by atoms with Crippen LogP contribution in [0.3, 0.4) is 0 Å². The van der Waals surface area contributed by atoms with Gasteiger partial charge in [-0.05, 0) is 66.4 Å². The molecule has 2 aliphatic carbocycles. The number of carbonyl (C=O) groups is 1. The summed E-state index contributed by atoms with van der Waals surface area (Å²) < 4.78 is 5.16. The van der Waals surface area contributed by atoms with E-state index in [1.807, 2.05) is 12.1 Å². The third-order valence-corrected chi connectivity index (χ3v) is 6.57. The summed E-state index contributed by atoms with van der Waals surface area (Å²) in [4.78, 5) is 11.8. The highest BCUT2D eigenvalue weighted by Crippen LogP contribution is 2.60. The second-order valence-corrected chi connectivity index (χ2v) is 8.32. The van der Waals surface area contributed by atoms with Gasteiger partial charge in [0.2, 0.25) is 0 Å². The van der Waals surface area contributed by atoms with Crippen molar-refractivity contribution in [3.05, 3.63) is 35.8 Å². The molecule has 1 saturated carbocycles. The maximum absolute atomic E-state index is 11.8. The fraction of sp³-hybridized carbons (Fsp3) is 0.650. The minimum Gasteiger partial charge on any atom is -0.478 e. The molecular formula is C20H28O3. The zero-order chi connectivity index (χ0) is 16.7. The molecule has 0 radical (unpaired) electrons. The Hall–Kier alpha value is -1.51. The molecular weight excluding hydrogens is 288 g/mol. The number of furan rings is 1. The lowest BCUT2D eigenvalue weighted by Crippen LogP contribution is -2.49. The van der Waals surface area contributed by atoms with Crippen LogP contribution in [0.15, 0.2) is 34.7 Å². The lowest BCUT2D eigenvalue weighted by atomic mass is 9.48. The van der Waals surface area contributed by atoms with Crippen molar-refractivity contribution in [2.45, 2.75) is 59.3 Å². The highest BCUT2D eigenvalue weighted by atomic mass is 16.4. The Balaban J connectivity index is 1.91. The molecule has 2 aliphatic rings. The van der Waals surface area contributed by atoms with Gasteiger partial charge < -0.3 is 9.52 Å². The van der Waals surface area contributed by atoms with Gasteiger partial charge in [0, 0.05) is 5.57 Å². The van der Waals surface area contributed by atoms with E-state index >= 15 is 0 Å². The van der Waals surface area contributed by atoms with Gasteiger partial charge in [-0.25, -0.2) is 4.79 Å². The van der Waals surface area contributed by atoms with Gasteiger partial charge in [-0.3, -0.25) is 0 Å². The largest absolute Gasteiger partial charge is 0.478 e. The van der Waals surface area contributed by atoms with E-state index in [9.17, 15) is 9.90 Å². The van der Waals surface area contributed by atoms with Crippen molar-refractivity contribution in [2.24, 2.45) is 22.7 Å². The molecule has 1 aromatic rings. The quantitative estimate of drug-likeness (QED) is 0.843. The summed E-state index contributed by atoms with van der Waals surface area (Å²) in [5, 5.41) is 9.71. The number of hydrogen-bond acceptors (Lipinski definition) is 2. The molecule has 1 heterocycles. The SMILES string of the molecule is CC1(C)CCCC2(C)C(CCc3ccoc3)C(C(=O)O)=CCC12. The van der Waals surface area contributed by atoms with E-state index in [4.69, 9.17) is 4.42 Å². The number of aliphatic carboxylic acids is 1. The van der Waals surface area contributed by atoms with Crippen molar-refractivity contribution in [2.75, 3.05) is 0 Å². The predicted molar refractivity (Wildman–Crippen MR) is 90.1 cm³/mol. The van der Waals surface area contributed by atoms with Gasteiger partial charge in [0.15, 0.2) is 0 Å². The summed E-state index contributed by atoms with van der Waals surface area (Å²) in [6, 6.07) is 1.98. The van der Waals surface area contributed by atoms with Crippen LogP contribution in [0.2, 0.25) is 0 Å². The van der Waals surface area contributed by atoms with Crippen molar-refractivity contribution in [1.29, 1.82) is 0 Å². The van der Waals surface area contributed by atoms with E-state index in [0.29, 0.717) is 16.9 Å². The fourth-order valence-electron chi connectivity index (χ4n) is 5.38. The van der Waals surface area contributed by atoms with Gasteiger partial charge in [0.1, 0.15) is 0 Å². The molecule has 1 fully saturated rings. The average molecular weight is 316 g/mol. The zero-order valence-corrected chi connectivity index (χ0v) is 14.5. The van der Waals surface area contributed by atoms with Crippen molar-refractivity contribution in [1.82, 2.24) is 0 Å². The second kappa shape index (κ2) is 5.85. The molecule has 0 aromatic carbocycles. The summed E-state index contributed by atoms with van der Waals surface area (Å²) >= 11 is 0. The van der Waals surface area contributed by atoms with Crippen LogP contribution < -0.4 is 0 Å². The molecule has 0 amide bonds. The van der Waals surface area contributed by atoms with Crippen molar-refractivity contribution >= 4 is 5.97 Å². The van der Waals surface area contributed by atoms with Crippen LogP contribution in [0.25, 0.3) is 0 Å². The summed E-state index contributed by atoms with van der Waals surface area (Å²) in [6.45, 7) is 7.07. The Morgan fingerprint density at radius 3 is 2.78 bits per heavy atom. The topological polar surface area (TPSA) is 50.4 Å². The normalized spacial score (nSPS) is 32.9. The highest BCUT2D eigenvalue weighted by Gasteiger charge is 2.53. The highest BCUT2D eigenvalue weighted by molar-refractivity contribution is 5.87. The van der Waals surface area contributed by atoms with Crippen LogP contribution >= 0.6 is 0 Å². The first-order valence-corrected chi connectivity index (χ1v) is 8.79. The van der Waals surface area contributed by atoms with Crippen LogP contribution in [0.4, 0.5) is 0 Å². The Kier molecular flexibility index (Phi) is 4.16. The molecule has 126 valence electrons. The zero-order valence-electron chi connectivity index (χ0n) is 14.5. The molecule has 3 rings (SSSR count). The first-order chi connectivity index (χ1) is 10.8. The second-order valence-electron chi connectivity index (χ2n) is 8.32. The number of allylic oxidation sites excluding steroid dienone is 1. The van der Waals surface area contributed by atoms with E-state index in [0.717, 1.165) is 31.2 Å². The number of carboxylic acid groups (broad SMARTS) is 1. The van der Waals surface area contributed by atoms with E-state index in [1.165, 1.54) is 12.8 Å². The first-order valence-electron chi connectivity index (χ1n) is 8.79. The maximum atomic E-state index is 11.8. The van der Waals surface area contributed by atoms with Gasteiger partial charge in [-0.15, -0.1) is 0 Å². The van der Waals surface area contributed by atoms with Crippen molar-refractivity contribution in [3.8, 4) is 0 Å². The molecule has 0 bridgehead atoms. The molecule has 0 spiro atoms. The third-order valence-electron chi connectivity index (χ3n) is 6.57. The minimum absolute atomic E-state index is 0.0912. The number of hydrogen-bond donors (Lipinski definition) is 1. The lowest BCUT2D eigenvalue weighted by Gasteiger charge is -2.56. The molecule has 1 N–H and O–H groups in total. The Bertz CT molecular complexity index is 596. The number of rotatable bonds is 4. The molecule has 23 heavy (non-hydrogen) atoms. The monoisotopic (exact) mass is 316 g/mol. The lowest BCUT2D eigenvalue weighted by molar-refractivity contribution is -0.135. The van der Waals surface area contributed by atoms with Crippen LogP contribution in [-0.4, -0.2) is 11.1 Å². The van der Waals surface area contributed by atoms with E-state index in [2.05, 4.69) is 20.8 Å². The molecule has 3 atom stereocenters. The minimum atomic E-state index is -0.731. The first kappa shape index (κ1) is 16.4. The van der Waals surface area contributed by atoms with E-state index in [-0.39, 0.29) is 11.3 Å². The van der Waals surface area contributed by atoms with Crippen molar-refractivity contribution < 1.29 is 14.3 Å². The van der Waals surface area contributed by atoms with E-state index < -0.39 is 5.97 Å². The van der Waals surface area contributed by atoms with E-state index in [1.54, 1.807) is 12.5 Å². The van der Waals surface area contributed by atoms with Crippen LogP contribution in [-0.2, 0) is 11.2 Å². The Morgan fingerprint density at radius 2 is 2.13 bits per heavy atom.